The van der Waals surface area contributed by atoms with E-state index in [-0.39, 0.29) is 5.97 Å². The molecule has 0 unspecified atom stereocenters. The minimum Gasteiger partial charge on any atom is -0.462 e. The second-order valence-corrected chi connectivity index (χ2v) is 6.83. The van der Waals surface area contributed by atoms with E-state index in [0.717, 1.165) is 24.2 Å². The van der Waals surface area contributed by atoms with Crippen molar-refractivity contribution in [3.05, 3.63) is 59.7 Å². The Morgan fingerprint density at radius 1 is 1.08 bits per heavy atom. The van der Waals surface area contributed by atoms with Gasteiger partial charge < -0.3 is 15.4 Å². The molecule has 0 bridgehead atoms. The lowest BCUT2D eigenvalue weighted by Crippen LogP contribution is -2.19. The van der Waals surface area contributed by atoms with Crippen LogP contribution >= 0.6 is 12.2 Å². The Hall–Kier alpha value is -2.40. The van der Waals surface area contributed by atoms with Gasteiger partial charge in [0.05, 0.1) is 12.2 Å². The first-order chi connectivity index (χ1) is 12.5. The minimum absolute atomic E-state index is 0.295. The largest absolute Gasteiger partial charge is 0.462 e. The Labute approximate surface area is 161 Å². The number of ether oxygens (including phenoxy) is 1. The highest BCUT2D eigenvalue weighted by molar-refractivity contribution is 7.80. The van der Waals surface area contributed by atoms with Crippen molar-refractivity contribution in [3.8, 4) is 0 Å². The van der Waals surface area contributed by atoms with Crippen LogP contribution in [0.1, 0.15) is 55.5 Å². The van der Waals surface area contributed by atoms with Crippen molar-refractivity contribution in [2.45, 2.75) is 39.5 Å². The highest BCUT2D eigenvalue weighted by Gasteiger charge is 2.07. The van der Waals surface area contributed by atoms with Crippen LogP contribution in [0.3, 0.4) is 0 Å². The quantitative estimate of drug-likeness (QED) is 0.379. The van der Waals surface area contributed by atoms with E-state index < -0.39 is 0 Å². The molecule has 0 aliphatic carbocycles. The fourth-order valence-corrected chi connectivity index (χ4v) is 2.59. The van der Waals surface area contributed by atoms with Crippen molar-refractivity contribution in [1.82, 2.24) is 0 Å². The maximum absolute atomic E-state index is 11.9. The summed E-state index contributed by atoms with van der Waals surface area (Å²) in [6.07, 6.45) is 1.88. The standard InChI is InChI=1S/C21H26N2O2S/c1-4-5-13-25-20(24)16-9-11-18(12-10-16)22-21(26)23-19-8-6-7-17(14-19)15(2)3/h6-12,14-15H,4-5,13H2,1-3H3,(H2,22,23,26). The van der Waals surface area contributed by atoms with E-state index in [9.17, 15) is 4.79 Å². The van der Waals surface area contributed by atoms with Gasteiger partial charge in [0, 0.05) is 11.4 Å². The minimum atomic E-state index is -0.295. The van der Waals surface area contributed by atoms with Gasteiger partial charge in [-0.2, -0.15) is 0 Å². The topological polar surface area (TPSA) is 50.4 Å². The second-order valence-electron chi connectivity index (χ2n) is 6.43. The lowest BCUT2D eigenvalue weighted by atomic mass is 10.0. The number of thiocarbonyl (C=S) groups is 1. The van der Waals surface area contributed by atoms with Crippen LogP contribution in [0.4, 0.5) is 11.4 Å². The zero-order valence-electron chi connectivity index (χ0n) is 15.5. The third kappa shape index (κ3) is 6.15. The fourth-order valence-electron chi connectivity index (χ4n) is 2.35. The molecule has 0 fully saturated rings. The van der Waals surface area contributed by atoms with E-state index in [4.69, 9.17) is 17.0 Å². The molecule has 138 valence electrons. The van der Waals surface area contributed by atoms with Crippen LogP contribution in [0, 0.1) is 0 Å². The predicted octanol–water partition coefficient (Wildman–Crippen LogP) is 5.58. The van der Waals surface area contributed by atoms with Crippen LogP contribution in [-0.4, -0.2) is 17.7 Å². The Morgan fingerprint density at radius 2 is 1.77 bits per heavy atom. The summed E-state index contributed by atoms with van der Waals surface area (Å²) in [5.74, 6) is 0.166. The summed E-state index contributed by atoms with van der Waals surface area (Å²) in [6.45, 7) is 6.83. The first-order valence-corrected chi connectivity index (χ1v) is 9.35. The molecule has 26 heavy (non-hydrogen) atoms. The maximum atomic E-state index is 11.9. The van der Waals surface area contributed by atoms with Crippen molar-refractivity contribution in [1.29, 1.82) is 0 Å². The predicted molar refractivity (Wildman–Crippen MR) is 112 cm³/mol. The van der Waals surface area contributed by atoms with Gasteiger partial charge in [-0.1, -0.05) is 39.3 Å². The van der Waals surface area contributed by atoms with Gasteiger partial charge in [0.25, 0.3) is 0 Å². The molecule has 0 aliphatic heterocycles. The van der Waals surface area contributed by atoms with Crippen LogP contribution in [0.25, 0.3) is 0 Å². The van der Waals surface area contributed by atoms with Gasteiger partial charge in [-0.25, -0.2) is 4.79 Å². The van der Waals surface area contributed by atoms with Gasteiger partial charge in [-0.3, -0.25) is 0 Å². The smallest absolute Gasteiger partial charge is 0.338 e. The van der Waals surface area contributed by atoms with Crippen molar-refractivity contribution >= 4 is 34.7 Å². The van der Waals surface area contributed by atoms with E-state index in [0.29, 0.717) is 23.2 Å². The number of carbonyl (C=O) groups is 1. The molecule has 0 saturated heterocycles. The highest BCUT2D eigenvalue weighted by atomic mass is 32.1. The molecule has 5 heteroatoms. The van der Waals surface area contributed by atoms with Gasteiger partial charge in [0.15, 0.2) is 5.11 Å². The Kier molecular flexibility index (Phi) is 7.60. The molecule has 0 saturated carbocycles. The molecule has 2 aromatic rings. The van der Waals surface area contributed by atoms with Crippen molar-refractivity contribution in [2.24, 2.45) is 0 Å². The summed E-state index contributed by atoms with van der Waals surface area (Å²) in [4.78, 5) is 11.9. The van der Waals surface area contributed by atoms with Crippen LogP contribution in [0.2, 0.25) is 0 Å². The van der Waals surface area contributed by atoms with E-state index in [1.54, 1.807) is 12.1 Å². The fraction of sp³-hybridized carbons (Fsp3) is 0.333. The number of benzene rings is 2. The van der Waals surface area contributed by atoms with E-state index >= 15 is 0 Å². The summed E-state index contributed by atoms with van der Waals surface area (Å²) in [5, 5.41) is 6.82. The molecule has 0 heterocycles. The van der Waals surface area contributed by atoms with Gasteiger partial charge in [-0.15, -0.1) is 0 Å². The normalized spacial score (nSPS) is 10.5. The molecule has 2 N–H and O–H groups in total. The van der Waals surface area contributed by atoms with Gasteiger partial charge >= 0.3 is 5.97 Å². The Morgan fingerprint density at radius 3 is 2.42 bits per heavy atom. The Balaban J connectivity index is 1.91. The number of rotatable bonds is 7. The number of esters is 1. The number of nitrogens with one attached hydrogen (secondary N) is 2. The highest BCUT2D eigenvalue weighted by Crippen LogP contribution is 2.19. The van der Waals surface area contributed by atoms with Gasteiger partial charge in [-0.05, 0) is 66.5 Å². The molecule has 0 amide bonds. The molecule has 0 spiro atoms. The van der Waals surface area contributed by atoms with Crippen LogP contribution in [0.5, 0.6) is 0 Å². The summed E-state index contributed by atoms with van der Waals surface area (Å²) in [7, 11) is 0. The number of carbonyl (C=O) groups excluding carboxylic acids is 1. The average molecular weight is 371 g/mol. The zero-order valence-corrected chi connectivity index (χ0v) is 16.4. The monoisotopic (exact) mass is 370 g/mol. The molecule has 2 rings (SSSR count). The van der Waals surface area contributed by atoms with Crippen molar-refractivity contribution < 1.29 is 9.53 Å². The summed E-state index contributed by atoms with van der Waals surface area (Å²) < 4.78 is 5.20. The van der Waals surface area contributed by atoms with E-state index in [1.165, 1.54) is 5.56 Å². The first kappa shape index (κ1) is 19.9. The third-order valence-electron chi connectivity index (χ3n) is 3.92. The Bertz CT molecular complexity index is 742. The first-order valence-electron chi connectivity index (χ1n) is 8.94. The van der Waals surface area contributed by atoms with Crippen LogP contribution in [-0.2, 0) is 4.74 Å². The summed E-state index contributed by atoms with van der Waals surface area (Å²) >= 11 is 5.37. The van der Waals surface area contributed by atoms with Crippen LogP contribution in [0.15, 0.2) is 48.5 Å². The molecule has 0 aromatic heterocycles. The lowest BCUT2D eigenvalue weighted by molar-refractivity contribution is 0.0500. The molecule has 0 radical (unpaired) electrons. The summed E-state index contributed by atoms with van der Waals surface area (Å²) in [5.41, 5.74) is 3.55. The number of unbranched alkanes of at least 4 members (excludes halogenated alkanes) is 1. The van der Waals surface area contributed by atoms with Gasteiger partial charge in [0.2, 0.25) is 0 Å². The maximum Gasteiger partial charge on any atom is 0.338 e. The number of anilines is 2. The number of hydrogen-bond donors (Lipinski definition) is 2. The van der Waals surface area contributed by atoms with Crippen molar-refractivity contribution in [2.75, 3.05) is 17.2 Å². The van der Waals surface area contributed by atoms with E-state index in [1.807, 2.05) is 24.3 Å². The SMILES string of the molecule is CCCCOC(=O)c1ccc(NC(=S)Nc2cccc(C(C)C)c2)cc1. The van der Waals surface area contributed by atoms with E-state index in [2.05, 4.69) is 43.5 Å². The molecule has 0 aliphatic rings. The summed E-state index contributed by atoms with van der Waals surface area (Å²) in [6, 6.07) is 15.3. The molecule has 0 atom stereocenters. The molecular formula is C21H26N2O2S. The zero-order chi connectivity index (χ0) is 18.9. The van der Waals surface area contributed by atoms with Crippen molar-refractivity contribution in [3.63, 3.8) is 0 Å². The molecule has 4 nitrogen and oxygen atoms in total. The van der Waals surface area contributed by atoms with Crippen LogP contribution < -0.4 is 10.6 Å². The molecule has 2 aromatic carbocycles. The lowest BCUT2D eigenvalue weighted by Gasteiger charge is -2.13. The van der Waals surface area contributed by atoms with Gasteiger partial charge in [0.1, 0.15) is 0 Å². The molecular weight excluding hydrogens is 344 g/mol. The third-order valence-corrected chi connectivity index (χ3v) is 4.12. The second kappa shape index (κ2) is 9.92. The average Bonchev–Trinajstić information content (AvgIpc) is 2.62. The number of hydrogen-bond acceptors (Lipinski definition) is 3.